The Morgan fingerprint density at radius 1 is 1.19 bits per heavy atom. The number of fused-ring (bicyclic) bond motifs is 1. The number of benzene rings is 2. The number of carbonyl (C=O) groups is 1. The summed E-state index contributed by atoms with van der Waals surface area (Å²) in [4.78, 5) is 11.8. The first-order chi connectivity index (χ1) is 17.3. The Labute approximate surface area is 214 Å². The van der Waals surface area contributed by atoms with E-state index in [1.165, 1.54) is 11.1 Å². The number of aliphatic hydroxyl groups excluding tert-OH is 1. The number of β-amino-alcohol motifs (C(OH)–C–C–N with tert-alkyl or cyclic N) is 1. The molecule has 0 aliphatic heterocycles. The summed E-state index contributed by atoms with van der Waals surface area (Å²) in [5, 5.41) is 23.5. The number of ether oxygens (including phenoxy) is 3. The molecule has 0 unspecified atom stereocenters. The second-order valence-electron chi connectivity index (χ2n) is 10.1. The average Bonchev–Trinajstić information content (AvgIpc) is 3.26. The summed E-state index contributed by atoms with van der Waals surface area (Å²) in [6.45, 7) is 5.39. The van der Waals surface area contributed by atoms with Crippen molar-refractivity contribution in [3.05, 3.63) is 64.7 Å². The van der Waals surface area contributed by atoms with Crippen LogP contribution in [0.1, 0.15) is 48.9 Å². The molecule has 0 heterocycles. The molecule has 1 atom stereocenters. The maximum absolute atomic E-state index is 11.8. The van der Waals surface area contributed by atoms with Gasteiger partial charge in [0.05, 0.1) is 12.2 Å². The first kappa shape index (κ1) is 27.7. The van der Waals surface area contributed by atoms with E-state index >= 15 is 0 Å². The SMILES string of the molecule is COCCOC(=O)CCc1ccc(C#N)c(OC[C@@H](O)CNC(C)(C)CC2Cc3ccccc3C2)c1. The lowest BCUT2D eigenvalue weighted by Gasteiger charge is -2.30. The molecule has 3 rings (SSSR count). The number of nitriles is 1. The van der Waals surface area contributed by atoms with E-state index in [1.54, 1.807) is 25.3 Å². The quantitative estimate of drug-likeness (QED) is 0.306. The Bertz CT molecular complexity index is 1020. The van der Waals surface area contributed by atoms with Crippen molar-refractivity contribution in [2.45, 2.75) is 57.6 Å². The summed E-state index contributed by atoms with van der Waals surface area (Å²) in [5.41, 5.74) is 4.03. The summed E-state index contributed by atoms with van der Waals surface area (Å²) in [6, 6.07) is 16.0. The van der Waals surface area contributed by atoms with E-state index in [1.807, 2.05) is 0 Å². The molecule has 2 aromatic rings. The van der Waals surface area contributed by atoms with Crippen LogP contribution in [0, 0.1) is 17.2 Å². The Hall–Kier alpha value is -2.92. The molecule has 7 nitrogen and oxygen atoms in total. The van der Waals surface area contributed by atoms with E-state index < -0.39 is 6.10 Å². The average molecular weight is 495 g/mol. The number of aliphatic hydroxyl groups is 1. The van der Waals surface area contributed by atoms with Crippen molar-refractivity contribution in [1.82, 2.24) is 5.32 Å². The smallest absolute Gasteiger partial charge is 0.306 e. The number of hydrogen-bond acceptors (Lipinski definition) is 7. The van der Waals surface area contributed by atoms with Gasteiger partial charge in [0, 0.05) is 25.6 Å². The van der Waals surface area contributed by atoms with Crippen LogP contribution in [0.15, 0.2) is 42.5 Å². The van der Waals surface area contributed by atoms with Crippen molar-refractivity contribution in [2.24, 2.45) is 5.92 Å². The third kappa shape index (κ3) is 8.63. The number of nitrogens with zero attached hydrogens (tertiary/aromatic N) is 1. The van der Waals surface area contributed by atoms with Crippen molar-refractivity contribution in [3.63, 3.8) is 0 Å². The summed E-state index contributed by atoms with van der Waals surface area (Å²) in [6.07, 6.45) is 3.19. The number of esters is 1. The molecule has 36 heavy (non-hydrogen) atoms. The maximum Gasteiger partial charge on any atom is 0.306 e. The number of aryl methyl sites for hydroxylation is 1. The molecule has 0 radical (unpaired) electrons. The zero-order valence-electron chi connectivity index (χ0n) is 21.6. The minimum absolute atomic E-state index is 0.0646. The summed E-state index contributed by atoms with van der Waals surface area (Å²) in [7, 11) is 1.55. The molecule has 0 amide bonds. The van der Waals surface area contributed by atoms with Crippen molar-refractivity contribution in [1.29, 1.82) is 5.26 Å². The van der Waals surface area contributed by atoms with E-state index in [-0.39, 0.29) is 31.1 Å². The third-order valence-electron chi connectivity index (χ3n) is 6.52. The van der Waals surface area contributed by atoms with Crippen molar-refractivity contribution >= 4 is 5.97 Å². The fourth-order valence-electron chi connectivity index (χ4n) is 4.72. The van der Waals surface area contributed by atoms with Crippen LogP contribution < -0.4 is 10.1 Å². The molecule has 0 bridgehead atoms. The number of carbonyl (C=O) groups excluding carboxylic acids is 1. The van der Waals surface area contributed by atoms with Gasteiger partial charge in [-0.1, -0.05) is 30.3 Å². The Morgan fingerprint density at radius 3 is 2.58 bits per heavy atom. The van der Waals surface area contributed by atoms with Crippen LogP contribution in [0.2, 0.25) is 0 Å². The van der Waals surface area contributed by atoms with Gasteiger partial charge in [-0.3, -0.25) is 4.79 Å². The van der Waals surface area contributed by atoms with Gasteiger partial charge >= 0.3 is 5.97 Å². The van der Waals surface area contributed by atoms with Crippen molar-refractivity contribution in [2.75, 3.05) is 33.5 Å². The first-order valence-corrected chi connectivity index (χ1v) is 12.6. The zero-order valence-corrected chi connectivity index (χ0v) is 21.6. The molecule has 1 aliphatic carbocycles. The predicted octanol–water partition coefficient (Wildman–Crippen LogP) is 3.59. The van der Waals surface area contributed by atoms with E-state index in [0.29, 0.717) is 36.8 Å². The second-order valence-corrected chi connectivity index (χ2v) is 10.1. The Morgan fingerprint density at radius 2 is 1.92 bits per heavy atom. The number of methoxy groups -OCH3 is 1. The van der Waals surface area contributed by atoms with Gasteiger partial charge < -0.3 is 24.6 Å². The molecule has 0 saturated carbocycles. The van der Waals surface area contributed by atoms with E-state index in [9.17, 15) is 15.2 Å². The minimum atomic E-state index is -0.726. The summed E-state index contributed by atoms with van der Waals surface area (Å²) in [5.74, 6) is 0.700. The van der Waals surface area contributed by atoms with Crippen LogP contribution in [0.25, 0.3) is 0 Å². The number of hydrogen-bond donors (Lipinski definition) is 2. The Balaban J connectivity index is 1.44. The van der Waals surface area contributed by atoms with Gasteiger partial charge in [0.2, 0.25) is 0 Å². The lowest BCUT2D eigenvalue weighted by Crippen LogP contribution is -2.46. The second kappa shape index (κ2) is 13.4. The van der Waals surface area contributed by atoms with E-state index in [2.05, 4.69) is 49.5 Å². The highest BCUT2D eigenvalue weighted by molar-refractivity contribution is 5.69. The Kier molecular flexibility index (Phi) is 10.3. The minimum Gasteiger partial charge on any atom is -0.489 e. The van der Waals surface area contributed by atoms with Gasteiger partial charge in [0.1, 0.15) is 31.1 Å². The lowest BCUT2D eigenvalue weighted by atomic mass is 9.88. The van der Waals surface area contributed by atoms with Crippen LogP contribution >= 0.6 is 0 Å². The van der Waals surface area contributed by atoms with E-state index in [0.717, 1.165) is 24.8 Å². The zero-order chi connectivity index (χ0) is 26.0. The maximum atomic E-state index is 11.8. The number of rotatable bonds is 14. The fraction of sp³-hybridized carbons (Fsp3) is 0.517. The van der Waals surface area contributed by atoms with Crippen LogP contribution in [-0.2, 0) is 33.5 Å². The van der Waals surface area contributed by atoms with Gasteiger partial charge in [-0.25, -0.2) is 0 Å². The summed E-state index contributed by atoms with van der Waals surface area (Å²) >= 11 is 0. The topological polar surface area (TPSA) is 101 Å². The normalized spacial score (nSPS) is 14.2. The highest BCUT2D eigenvalue weighted by atomic mass is 16.6. The largest absolute Gasteiger partial charge is 0.489 e. The van der Waals surface area contributed by atoms with E-state index in [4.69, 9.17) is 14.2 Å². The van der Waals surface area contributed by atoms with Crippen molar-refractivity contribution < 1.29 is 24.1 Å². The fourth-order valence-corrected chi connectivity index (χ4v) is 4.72. The molecule has 194 valence electrons. The van der Waals surface area contributed by atoms with Crippen LogP contribution in [0.3, 0.4) is 0 Å². The van der Waals surface area contributed by atoms with Gasteiger partial charge in [-0.2, -0.15) is 5.26 Å². The molecule has 0 saturated heterocycles. The lowest BCUT2D eigenvalue weighted by molar-refractivity contribution is -0.144. The number of nitrogens with one attached hydrogen (secondary N) is 1. The molecule has 0 spiro atoms. The standard InChI is InChI=1S/C29H38N2O5/c1-29(2,17-22-14-23-6-4-5-7-24(23)15-22)31-19-26(32)20-36-27-16-21(8-10-25(27)18-30)9-11-28(33)35-13-12-34-3/h4-8,10,16,22,26,31-32H,9,11-15,17,19-20H2,1-3H3/t26-/m0/s1. The predicted molar refractivity (Wildman–Crippen MR) is 138 cm³/mol. The first-order valence-electron chi connectivity index (χ1n) is 12.6. The highest BCUT2D eigenvalue weighted by Gasteiger charge is 2.28. The van der Waals surface area contributed by atoms with Gasteiger partial charge in [0.15, 0.2) is 0 Å². The third-order valence-corrected chi connectivity index (χ3v) is 6.52. The molecule has 0 aromatic heterocycles. The van der Waals surface area contributed by atoms with Crippen LogP contribution in [-0.4, -0.2) is 56.2 Å². The van der Waals surface area contributed by atoms with Crippen LogP contribution in [0.5, 0.6) is 5.75 Å². The molecule has 7 heteroatoms. The van der Waals surface area contributed by atoms with Gasteiger partial charge in [-0.15, -0.1) is 0 Å². The molecular formula is C29H38N2O5. The molecule has 0 fully saturated rings. The van der Waals surface area contributed by atoms with Gasteiger partial charge in [0.25, 0.3) is 0 Å². The summed E-state index contributed by atoms with van der Waals surface area (Å²) < 4.78 is 15.8. The molecular weight excluding hydrogens is 456 g/mol. The van der Waals surface area contributed by atoms with Crippen LogP contribution in [0.4, 0.5) is 0 Å². The molecule has 1 aliphatic rings. The molecule has 2 N–H and O–H groups in total. The molecule has 2 aromatic carbocycles. The highest BCUT2D eigenvalue weighted by Crippen LogP contribution is 2.31. The van der Waals surface area contributed by atoms with Crippen molar-refractivity contribution in [3.8, 4) is 11.8 Å². The monoisotopic (exact) mass is 494 g/mol. The van der Waals surface area contributed by atoms with Gasteiger partial charge in [-0.05, 0) is 74.3 Å².